The summed E-state index contributed by atoms with van der Waals surface area (Å²) >= 11 is 0. The van der Waals surface area contributed by atoms with Crippen molar-refractivity contribution in [1.29, 1.82) is 0 Å². The number of amides is 1. The van der Waals surface area contributed by atoms with Crippen LogP contribution in [0.2, 0.25) is 0 Å². The van der Waals surface area contributed by atoms with Gasteiger partial charge in [0.15, 0.2) is 11.5 Å². The third kappa shape index (κ3) is 3.81. The lowest BCUT2D eigenvalue weighted by atomic mass is 9.88. The summed E-state index contributed by atoms with van der Waals surface area (Å²) in [6, 6.07) is 4.20. The zero-order valence-electron chi connectivity index (χ0n) is 13.8. The first-order valence-corrected chi connectivity index (χ1v) is 7.48. The van der Waals surface area contributed by atoms with Crippen molar-refractivity contribution < 1.29 is 37.7 Å². The first-order chi connectivity index (χ1) is 11.8. The van der Waals surface area contributed by atoms with Gasteiger partial charge in [0.05, 0.1) is 19.3 Å². The highest BCUT2D eigenvalue weighted by Crippen LogP contribution is 2.36. The predicted molar refractivity (Wildman–Crippen MR) is 82.1 cm³/mol. The Morgan fingerprint density at radius 3 is 2.64 bits per heavy atom. The Morgan fingerprint density at radius 1 is 1.36 bits per heavy atom. The fourth-order valence-electron chi connectivity index (χ4n) is 2.90. The molecule has 1 heterocycles. The van der Waals surface area contributed by atoms with Gasteiger partial charge < -0.3 is 24.2 Å². The summed E-state index contributed by atoms with van der Waals surface area (Å²) < 4.78 is 39.8. The minimum atomic E-state index is -3.13. The topological polar surface area (TPSA) is 85.3 Å². The van der Waals surface area contributed by atoms with Gasteiger partial charge in [-0.25, -0.2) is 0 Å². The normalized spacial score (nSPS) is 20.0. The molecule has 7 nitrogen and oxygen atoms in total. The minimum Gasteiger partial charge on any atom is -0.493 e. The summed E-state index contributed by atoms with van der Waals surface area (Å²) in [6.07, 6.45) is 0.205. The summed E-state index contributed by atoms with van der Waals surface area (Å²) in [4.78, 5) is 25.6. The number of hydrogen-bond donors (Lipinski definition) is 1. The van der Waals surface area contributed by atoms with E-state index >= 15 is 0 Å². The Labute approximate surface area is 143 Å². The number of methoxy groups -OCH3 is 2. The Morgan fingerprint density at radius 2 is 2.08 bits per heavy atom. The molecular formula is C16H19F2NO6. The molecule has 1 N–H and O–H groups in total. The molecule has 25 heavy (non-hydrogen) atoms. The Hall–Kier alpha value is -2.42. The maximum absolute atomic E-state index is 12.7. The third-order valence-electron chi connectivity index (χ3n) is 4.15. The number of carboxylic acid groups (broad SMARTS) is 1. The van der Waals surface area contributed by atoms with E-state index in [1.165, 1.54) is 37.3 Å². The number of para-hydroxylation sites is 1. The monoisotopic (exact) mass is 359 g/mol. The lowest BCUT2D eigenvalue weighted by molar-refractivity contribution is -0.151. The molecule has 0 radical (unpaired) electrons. The molecule has 0 aliphatic carbocycles. The number of halogens is 2. The molecule has 0 bridgehead atoms. The van der Waals surface area contributed by atoms with Crippen LogP contribution in [0.5, 0.6) is 11.5 Å². The molecular weight excluding hydrogens is 340 g/mol. The number of carbonyl (C=O) groups excluding carboxylic acids is 1. The molecule has 0 spiro atoms. The molecule has 2 rings (SSSR count). The molecule has 138 valence electrons. The number of aliphatic carboxylic acids is 1. The third-order valence-corrected chi connectivity index (χ3v) is 4.15. The zero-order valence-corrected chi connectivity index (χ0v) is 13.8. The molecule has 1 amide bonds. The molecule has 1 aliphatic heterocycles. The molecule has 1 aromatic rings. The fourth-order valence-corrected chi connectivity index (χ4v) is 2.90. The highest BCUT2D eigenvalue weighted by Gasteiger charge is 2.47. The number of likely N-dealkylation sites (tertiary alicyclic amines) is 1. The lowest BCUT2D eigenvalue weighted by Crippen LogP contribution is -2.40. The summed E-state index contributed by atoms with van der Waals surface area (Å²) in [5, 5.41) is 9.46. The number of alkyl halides is 2. The number of rotatable bonds is 7. The number of nitrogens with zero attached hydrogens (tertiary/aromatic N) is 1. The molecule has 1 fully saturated rings. The van der Waals surface area contributed by atoms with Gasteiger partial charge in [0, 0.05) is 20.2 Å². The number of ether oxygens (including phenoxy) is 3. The standard InChI is InChI=1S/C16H19F2NO6/c1-23-9-16(14(21)22)6-7-19(8-16)13(20)10-4-3-5-11(24-2)12(10)25-15(17)18/h3-5,15H,6-9H2,1-2H3,(H,21,22). The zero-order chi connectivity index (χ0) is 18.6. The number of benzene rings is 1. The minimum absolute atomic E-state index is 0.00765. The van der Waals surface area contributed by atoms with Crippen LogP contribution in [0.3, 0.4) is 0 Å². The summed E-state index contributed by atoms with van der Waals surface area (Å²) in [5.74, 6) is -2.05. The Balaban J connectivity index is 2.31. The van der Waals surface area contributed by atoms with E-state index in [0.29, 0.717) is 0 Å². The van der Waals surface area contributed by atoms with Gasteiger partial charge in [0.25, 0.3) is 5.91 Å². The first-order valence-electron chi connectivity index (χ1n) is 7.48. The van der Waals surface area contributed by atoms with Crippen LogP contribution in [0.15, 0.2) is 18.2 Å². The van der Waals surface area contributed by atoms with E-state index in [4.69, 9.17) is 9.47 Å². The van der Waals surface area contributed by atoms with Crippen LogP contribution in [0.25, 0.3) is 0 Å². The van der Waals surface area contributed by atoms with Crippen molar-refractivity contribution >= 4 is 11.9 Å². The molecule has 0 aromatic heterocycles. The number of carbonyl (C=O) groups is 2. The van der Waals surface area contributed by atoms with E-state index in [-0.39, 0.29) is 43.2 Å². The van der Waals surface area contributed by atoms with Gasteiger partial charge >= 0.3 is 12.6 Å². The van der Waals surface area contributed by atoms with Crippen molar-refractivity contribution in [2.75, 3.05) is 33.9 Å². The highest BCUT2D eigenvalue weighted by molar-refractivity contribution is 5.98. The fraction of sp³-hybridized carbons (Fsp3) is 0.500. The average molecular weight is 359 g/mol. The van der Waals surface area contributed by atoms with Gasteiger partial charge in [-0.3, -0.25) is 9.59 Å². The van der Waals surface area contributed by atoms with E-state index in [0.717, 1.165) is 0 Å². The van der Waals surface area contributed by atoms with Gasteiger partial charge in [-0.1, -0.05) is 6.07 Å². The summed E-state index contributed by atoms with van der Waals surface area (Å²) in [5.41, 5.74) is -1.33. The SMILES string of the molecule is COCC1(C(=O)O)CCN(C(=O)c2cccc(OC)c2OC(F)F)C1. The van der Waals surface area contributed by atoms with Gasteiger partial charge in [0.1, 0.15) is 5.41 Å². The van der Waals surface area contributed by atoms with Crippen molar-refractivity contribution in [3.05, 3.63) is 23.8 Å². The molecule has 1 aromatic carbocycles. The smallest absolute Gasteiger partial charge is 0.387 e. The van der Waals surface area contributed by atoms with Crippen LogP contribution in [0.4, 0.5) is 8.78 Å². The Bertz CT molecular complexity index is 654. The second kappa shape index (κ2) is 7.64. The predicted octanol–water partition coefficient (Wildman–Crippen LogP) is 1.86. The van der Waals surface area contributed by atoms with Crippen molar-refractivity contribution in [3.8, 4) is 11.5 Å². The van der Waals surface area contributed by atoms with Crippen LogP contribution in [-0.4, -0.2) is 62.4 Å². The first kappa shape index (κ1) is 18.9. The molecule has 9 heteroatoms. The molecule has 0 saturated carbocycles. The van der Waals surface area contributed by atoms with Crippen molar-refractivity contribution in [2.45, 2.75) is 13.0 Å². The van der Waals surface area contributed by atoms with Crippen LogP contribution in [0.1, 0.15) is 16.8 Å². The largest absolute Gasteiger partial charge is 0.493 e. The number of hydrogen-bond acceptors (Lipinski definition) is 5. The summed E-state index contributed by atoms with van der Waals surface area (Å²) in [7, 11) is 2.65. The van der Waals surface area contributed by atoms with Crippen molar-refractivity contribution in [2.24, 2.45) is 5.41 Å². The van der Waals surface area contributed by atoms with E-state index < -0.39 is 23.9 Å². The van der Waals surface area contributed by atoms with E-state index in [1.54, 1.807) is 0 Å². The summed E-state index contributed by atoms with van der Waals surface area (Å²) in [6.45, 7) is -3.10. The van der Waals surface area contributed by atoms with Gasteiger partial charge in [-0.15, -0.1) is 0 Å². The van der Waals surface area contributed by atoms with Crippen molar-refractivity contribution in [3.63, 3.8) is 0 Å². The van der Waals surface area contributed by atoms with Crippen LogP contribution < -0.4 is 9.47 Å². The maximum Gasteiger partial charge on any atom is 0.387 e. The van der Waals surface area contributed by atoms with E-state index in [1.807, 2.05) is 0 Å². The van der Waals surface area contributed by atoms with E-state index in [9.17, 15) is 23.5 Å². The molecule has 1 unspecified atom stereocenters. The quantitative estimate of drug-likeness (QED) is 0.800. The highest BCUT2D eigenvalue weighted by atomic mass is 19.3. The molecule has 1 atom stereocenters. The van der Waals surface area contributed by atoms with Crippen LogP contribution in [-0.2, 0) is 9.53 Å². The van der Waals surface area contributed by atoms with Gasteiger partial charge in [-0.05, 0) is 18.6 Å². The maximum atomic E-state index is 12.7. The Kier molecular flexibility index (Phi) is 5.78. The lowest BCUT2D eigenvalue weighted by Gasteiger charge is -2.24. The molecule has 1 aliphatic rings. The second-order valence-corrected chi connectivity index (χ2v) is 5.71. The number of carboxylic acids is 1. The van der Waals surface area contributed by atoms with E-state index in [2.05, 4.69) is 4.74 Å². The molecule has 1 saturated heterocycles. The van der Waals surface area contributed by atoms with Crippen LogP contribution >= 0.6 is 0 Å². The van der Waals surface area contributed by atoms with Crippen molar-refractivity contribution in [1.82, 2.24) is 4.90 Å². The average Bonchev–Trinajstić information content (AvgIpc) is 3.00. The second-order valence-electron chi connectivity index (χ2n) is 5.71. The van der Waals surface area contributed by atoms with Gasteiger partial charge in [-0.2, -0.15) is 8.78 Å². The van der Waals surface area contributed by atoms with Gasteiger partial charge in [0.2, 0.25) is 0 Å². The van der Waals surface area contributed by atoms with Crippen LogP contribution in [0, 0.1) is 5.41 Å².